The van der Waals surface area contributed by atoms with Gasteiger partial charge in [-0.1, -0.05) is 23.7 Å². The highest BCUT2D eigenvalue weighted by Gasteiger charge is 2.20. The molecule has 5 nitrogen and oxygen atoms in total. The first-order valence-corrected chi connectivity index (χ1v) is 8.05. The van der Waals surface area contributed by atoms with Crippen molar-refractivity contribution in [3.8, 4) is 0 Å². The molecule has 1 N–H and O–H groups in total. The molecule has 0 unspecified atom stereocenters. The number of hydrogen-bond donors (Lipinski definition) is 1. The van der Waals surface area contributed by atoms with Gasteiger partial charge in [0.25, 0.3) is 0 Å². The van der Waals surface area contributed by atoms with E-state index >= 15 is 0 Å². The second kappa shape index (κ2) is 8.98. The summed E-state index contributed by atoms with van der Waals surface area (Å²) in [5.41, 5.74) is 1.26. The lowest BCUT2D eigenvalue weighted by Crippen LogP contribution is -2.52. The number of piperazine rings is 1. The second-order valence-corrected chi connectivity index (χ2v) is 5.87. The van der Waals surface area contributed by atoms with E-state index in [1.54, 1.807) is 7.11 Å². The molecule has 22 heavy (non-hydrogen) atoms. The number of halogens is 1. The average Bonchev–Trinajstić information content (AvgIpc) is 2.54. The van der Waals surface area contributed by atoms with Crippen LogP contribution in [0, 0.1) is 0 Å². The van der Waals surface area contributed by atoms with Gasteiger partial charge in [-0.05, 0) is 24.1 Å². The van der Waals surface area contributed by atoms with Gasteiger partial charge in [-0.25, -0.2) is 4.79 Å². The summed E-state index contributed by atoms with van der Waals surface area (Å²) in [5.74, 6) is 0. The van der Waals surface area contributed by atoms with Crippen LogP contribution in [0.4, 0.5) is 4.79 Å². The minimum Gasteiger partial charge on any atom is -0.383 e. The Hall–Kier alpha value is -1.30. The third-order valence-corrected chi connectivity index (χ3v) is 4.08. The van der Waals surface area contributed by atoms with E-state index in [-0.39, 0.29) is 6.03 Å². The van der Waals surface area contributed by atoms with E-state index in [4.69, 9.17) is 16.3 Å². The van der Waals surface area contributed by atoms with Crippen LogP contribution in [0.5, 0.6) is 0 Å². The lowest BCUT2D eigenvalue weighted by atomic mass is 10.1. The normalized spacial score (nSPS) is 15.8. The smallest absolute Gasteiger partial charge is 0.317 e. The molecule has 1 aromatic rings. The topological polar surface area (TPSA) is 44.8 Å². The second-order valence-electron chi connectivity index (χ2n) is 5.43. The molecule has 1 aliphatic heterocycles. The summed E-state index contributed by atoms with van der Waals surface area (Å²) in [6, 6.07) is 8.00. The van der Waals surface area contributed by atoms with Crippen LogP contribution in [-0.2, 0) is 11.2 Å². The molecule has 1 heterocycles. The first kappa shape index (κ1) is 17.1. The molecular weight excluding hydrogens is 302 g/mol. The Morgan fingerprint density at radius 2 is 2.09 bits per heavy atom. The first-order chi connectivity index (χ1) is 10.7. The van der Waals surface area contributed by atoms with E-state index < -0.39 is 0 Å². The van der Waals surface area contributed by atoms with Crippen LogP contribution in [0.25, 0.3) is 0 Å². The number of nitrogens with zero attached hydrogens (tertiary/aromatic N) is 2. The van der Waals surface area contributed by atoms with Crippen molar-refractivity contribution in [3.63, 3.8) is 0 Å². The molecule has 0 saturated carbocycles. The van der Waals surface area contributed by atoms with Crippen LogP contribution >= 0.6 is 11.6 Å². The number of carbonyl (C=O) groups is 1. The summed E-state index contributed by atoms with van der Waals surface area (Å²) in [4.78, 5) is 16.2. The lowest BCUT2D eigenvalue weighted by Gasteiger charge is -2.34. The van der Waals surface area contributed by atoms with Crippen LogP contribution in [0.15, 0.2) is 24.3 Å². The van der Waals surface area contributed by atoms with Gasteiger partial charge in [-0.15, -0.1) is 0 Å². The zero-order chi connectivity index (χ0) is 15.8. The molecule has 6 heteroatoms. The summed E-state index contributed by atoms with van der Waals surface area (Å²) >= 11 is 6.00. The monoisotopic (exact) mass is 325 g/mol. The number of amides is 2. The molecule has 1 saturated heterocycles. The minimum absolute atomic E-state index is 0.00606. The fourth-order valence-electron chi connectivity index (χ4n) is 2.53. The highest BCUT2D eigenvalue weighted by atomic mass is 35.5. The first-order valence-electron chi connectivity index (χ1n) is 7.67. The number of urea groups is 1. The molecule has 0 bridgehead atoms. The van der Waals surface area contributed by atoms with Crippen LogP contribution in [0.1, 0.15) is 5.56 Å². The molecule has 2 amide bonds. The summed E-state index contributed by atoms with van der Waals surface area (Å²) < 4.78 is 4.93. The molecule has 0 spiro atoms. The van der Waals surface area contributed by atoms with Gasteiger partial charge in [-0.2, -0.15) is 0 Å². The number of benzene rings is 1. The Morgan fingerprint density at radius 3 is 2.77 bits per heavy atom. The van der Waals surface area contributed by atoms with Gasteiger partial charge in [0, 0.05) is 51.4 Å². The van der Waals surface area contributed by atoms with Crippen molar-refractivity contribution in [1.82, 2.24) is 15.1 Å². The molecule has 1 aromatic carbocycles. The molecule has 0 aliphatic carbocycles. The molecule has 2 rings (SSSR count). The van der Waals surface area contributed by atoms with Gasteiger partial charge in [0.1, 0.15) is 0 Å². The van der Waals surface area contributed by atoms with Crippen molar-refractivity contribution in [2.24, 2.45) is 0 Å². The number of methoxy groups -OCH3 is 1. The fourth-order valence-corrected chi connectivity index (χ4v) is 2.74. The molecule has 122 valence electrons. The van der Waals surface area contributed by atoms with E-state index in [1.807, 2.05) is 23.1 Å². The van der Waals surface area contributed by atoms with Crippen molar-refractivity contribution < 1.29 is 9.53 Å². The van der Waals surface area contributed by atoms with Gasteiger partial charge >= 0.3 is 6.03 Å². The van der Waals surface area contributed by atoms with E-state index in [1.165, 1.54) is 5.56 Å². The van der Waals surface area contributed by atoms with Gasteiger partial charge in [0.05, 0.1) is 6.61 Å². The molecule has 0 atom stereocenters. The van der Waals surface area contributed by atoms with Crippen LogP contribution in [0.2, 0.25) is 5.02 Å². The van der Waals surface area contributed by atoms with Gasteiger partial charge in [0.2, 0.25) is 0 Å². The highest BCUT2D eigenvalue weighted by Crippen LogP contribution is 2.12. The van der Waals surface area contributed by atoms with E-state index in [0.29, 0.717) is 13.2 Å². The van der Waals surface area contributed by atoms with Gasteiger partial charge in [-0.3, -0.25) is 4.90 Å². The van der Waals surface area contributed by atoms with Crippen molar-refractivity contribution in [3.05, 3.63) is 34.9 Å². The molecule has 0 radical (unpaired) electrons. The summed E-state index contributed by atoms with van der Waals surface area (Å²) in [6.45, 7) is 5.48. The third kappa shape index (κ3) is 5.48. The number of rotatable bonds is 6. The van der Waals surface area contributed by atoms with Crippen LogP contribution in [0.3, 0.4) is 0 Å². The SMILES string of the molecule is COCCNC(=O)N1CCN(CCc2cccc(Cl)c2)CC1. The predicted molar refractivity (Wildman–Crippen MR) is 88.4 cm³/mol. The van der Waals surface area contributed by atoms with Crippen molar-refractivity contribution in [2.45, 2.75) is 6.42 Å². The molecule has 1 aliphatic rings. The largest absolute Gasteiger partial charge is 0.383 e. The Kier molecular flexibility index (Phi) is 6.96. The Bertz CT molecular complexity index is 476. The zero-order valence-electron chi connectivity index (χ0n) is 13.1. The minimum atomic E-state index is 0.00606. The number of ether oxygens (including phenoxy) is 1. The van der Waals surface area contributed by atoms with Crippen molar-refractivity contribution in [2.75, 3.05) is 53.0 Å². The summed E-state index contributed by atoms with van der Waals surface area (Å²) in [7, 11) is 1.63. The van der Waals surface area contributed by atoms with Crippen molar-refractivity contribution >= 4 is 17.6 Å². The maximum atomic E-state index is 11.9. The van der Waals surface area contributed by atoms with E-state index in [2.05, 4.69) is 16.3 Å². The molecular formula is C16H24ClN3O2. The lowest BCUT2D eigenvalue weighted by molar-refractivity contribution is 0.136. The Morgan fingerprint density at radius 1 is 1.32 bits per heavy atom. The van der Waals surface area contributed by atoms with E-state index in [9.17, 15) is 4.79 Å². The summed E-state index contributed by atoms with van der Waals surface area (Å²) in [6.07, 6.45) is 0.987. The molecule has 0 aromatic heterocycles. The quantitative estimate of drug-likeness (QED) is 0.812. The Labute approximate surface area is 137 Å². The maximum absolute atomic E-state index is 11.9. The standard InChI is InChI=1S/C16H24ClN3O2/c1-22-12-6-18-16(21)20-10-8-19(9-11-20)7-5-14-3-2-4-15(17)13-14/h2-4,13H,5-12H2,1H3,(H,18,21). The highest BCUT2D eigenvalue weighted by molar-refractivity contribution is 6.30. The van der Waals surface area contributed by atoms with Crippen molar-refractivity contribution in [1.29, 1.82) is 0 Å². The number of nitrogens with one attached hydrogen (secondary N) is 1. The fraction of sp³-hybridized carbons (Fsp3) is 0.562. The molecule has 1 fully saturated rings. The van der Waals surface area contributed by atoms with E-state index in [0.717, 1.165) is 44.2 Å². The number of hydrogen-bond acceptors (Lipinski definition) is 3. The number of carbonyl (C=O) groups excluding carboxylic acids is 1. The summed E-state index contributed by atoms with van der Waals surface area (Å²) in [5, 5.41) is 3.65. The predicted octanol–water partition coefficient (Wildman–Crippen LogP) is 1.86. The maximum Gasteiger partial charge on any atom is 0.317 e. The third-order valence-electron chi connectivity index (χ3n) is 3.85. The zero-order valence-corrected chi connectivity index (χ0v) is 13.8. The Balaban J connectivity index is 1.67. The van der Waals surface area contributed by atoms with Gasteiger partial charge in [0.15, 0.2) is 0 Å². The van der Waals surface area contributed by atoms with Crippen LogP contribution < -0.4 is 5.32 Å². The average molecular weight is 326 g/mol. The van der Waals surface area contributed by atoms with Gasteiger partial charge < -0.3 is 15.0 Å². The van der Waals surface area contributed by atoms with Crippen LogP contribution in [-0.4, -0.2) is 68.8 Å².